The van der Waals surface area contributed by atoms with Crippen molar-refractivity contribution < 1.29 is 9.90 Å². The predicted octanol–water partition coefficient (Wildman–Crippen LogP) is 1.81. The zero-order valence-electron chi connectivity index (χ0n) is 10.8. The van der Waals surface area contributed by atoms with Gasteiger partial charge in [0.15, 0.2) is 0 Å². The third-order valence-electron chi connectivity index (χ3n) is 3.69. The molecule has 18 heavy (non-hydrogen) atoms. The molecule has 0 bridgehead atoms. The Morgan fingerprint density at radius 2 is 2.06 bits per heavy atom. The summed E-state index contributed by atoms with van der Waals surface area (Å²) in [6, 6.07) is 8.81. The molecule has 1 aliphatic heterocycles. The van der Waals surface area contributed by atoms with Crippen molar-refractivity contribution in [2.45, 2.75) is 44.7 Å². The van der Waals surface area contributed by atoms with Crippen LogP contribution in [0.25, 0.3) is 0 Å². The van der Waals surface area contributed by atoms with Crippen LogP contribution >= 0.6 is 0 Å². The first kappa shape index (κ1) is 13.1. The van der Waals surface area contributed by atoms with E-state index >= 15 is 0 Å². The Morgan fingerprint density at radius 1 is 1.33 bits per heavy atom. The molecular formula is C14H20N2O2. The molecule has 1 heterocycles. The summed E-state index contributed by atoms with van der Waals surface area (Å²) >= 11 is 0. The Hall–Kier alpha value is -1.39. The number of hydrazine groups is 1. The molecule has 3 unspecified atom stereocenters. The molecule has 0 spiro atoms. The first-order chi connectivity index (χ1) is 8.59. The summed E-state index contributed by atoms with van der Waals surface area (Å²) in [6.07, 6.45) is 0.847. The van der Waals surface area contributed by atoms with Crippen LogP contribution in [-0.2, 0) is 4.79 Å². The maximum absolute atomic E-state index is 10.7. The predicted molar refractivity (Wildman–Crippen MR) is 70.3 cm³/mol. The zero-order chi connectivity index (χ0) is 13.1. The van der Waals surface area contributed by atoms with E-state index in [0.29, 0.717) is 18.4 Å². The van der Waals surface area contributed by atoms with E-state index in [1.54, 1.807) is 0 Å². The van der Waals surface area contributed by atoms with Crippen molar-refractivity contribution in [1.82, 2.24) is 10.9 Å². The van der Waals surface area contributed by atoms with Crippen LogP contribution in [0.15, 0.2) is 24.3 Å². The highest BCUT2D eigenvalue weighted by Crippen LogP contribution is 2.31. The third-order valence-corrected chi connectivity index (χ3v) is 3.69. The van der Waals surface area contributed by atoms with Gasteiger partial charge in [-0.1, -0.05) is 24.3 Å². The van der Waals surface area contributed by atoms with Gasteiger partial charge in [0.2, 0.25) is 0 Å². The zero-order valence-corrected chi connectivity index (χ0v) is 10.8. The number of carboxylic acid groups (broad SMARTS) is 1. The molecular weight excluding hydrogens is 228 g/mol. The number of hydrogen-bond donors (Lipinski definition) is 3. The Balaban J connectivity index is 2.17. The van der Waals surface area contributed by atoms with Gasteiger partial charge in [0.25, 0.3) is 0 Å². The second-order valence-electron chi connectivity index (χ2n) is 5.00. The minimum absolute atomic E-state index is 0.178. The van der Waals surface area contributed by atoms with Crippen LogP contribution in [0.5, 0.6) is 0 Å². The number of aryl methyl sites for hydroxylation is 1. The lowest BCUT2D eigenvalue weighted by atomic mass is 9.83. The fourth-order valence-corrected chi connectivity index (χ4v) is 2.74. The Morgan fingerprint density at radius 3 is 2.72 bits per heavy atom. The van der Waals surface area contributed by atoms with Crippen LogP contribution < -0.4 is 10.9 Å². The standard InChI is InChI=1S/C14H20N2O2/c1-9-5-3-4-6-11(9)14-10(2)15-16-12(14)7-8-13(17)18/h3-6,10,12,14-16H,7-8H2,1-2H3,(H,17,18). The Bertz CT molecular complexity index is 434. The van der Waals surface area contributed by atoms with Crippen molar-refractivity contribution in [2.75, 3.05) is 0 Å². The number of rotatable bonds is 4. The summed E-state index contributed by atoms with van der Waals surface area (Å²) in [5.74, 6) is -0.412. The second-order valence-corrected chi connectivity index (χ2v) is 5.00. The average molecular weight is 248 g/mol. The van der Waals surface area contributed by atoms with Crippen LogP contribution in [0.1, 0.15) is 36.8 Å². The first-order valence-electron chi connectivity index (χ1n) is 6.38. The molecule has 98 valence electrons. The van der Waals surface area contributed by atoms with Crippen molar-refractivity contribution in [3.8, 4) is 0 Å². The first-order valence-corrected chi connectivity index (χ1v) is 6.38. The van der Waals surface area contributed by atoms with E-state index in [2.05, 4.69) is 36.8 Å². The van der Waals surface area contributed by atoms with E-state index < -0.39 is 5.97 Å². The molecule has 2 rings (SSSR count). The maximum atomic E-state index is 10.7. The summed E-state index contributed by atoms with van der Waals surface area (Å²) in [5.41, 5.74) is 9.02. The van der Waals surface area contributed by atoms with E-state index in [9.17, 15) is 4.79 Å². The van der Waals surface area contributed by atoms with Gasteiger partial charge in [-0.25, -0.2) is 0 Å². The largest absolute Gasteiger partial charge is 0.481 e. The molecule has 1 saturated heterocycles. The lowest BCUT2D eigenvalue weighted by Crippen LogP contribution is -2.32. The Labute approximate surface area is 107 Å². The fraction of sp³-hybridized carbons (Fsp3) is 0.500. The quantitative estimate of drug-likeness (QED) is 0.760. The minimum atomic E-state index is -0.736. The molecule has 0 aromatic heterocycles. The van der Waals surface area contributed by atoms with E-state index in [1.165, 1.54) is 11.1 Å². The van der Waals surface area contributed by atoms with Crippen LogP contribution in [-0.4, -0.2) is 23.2 Å². The van der Waals surface area contributed by atoms with Gasteiger partial charge in [-0.3, -0.25) is 15.6 Å². The van der Waals surface area contributed by atoms with Crippen LogP contribution in [0.3, 0.4) is 0 Å². The number of nitrogens with one attached hydrogen (secondary N) is 2. The normalized spacial score (nSPS) is 27.3. The van der Waals surface area contributed by atoms with Gasteiger partial charge in [-0.2, -0.15) is 0 Å². The molecule has 4 nitrogen and oxygen atoms in total. The molecule has 0 saturated carbocycles. The highest BCUT2D eigenvalue weighted by Gasteiger charge is 2.34. The van der Waals surface area contributed by atoms with Crippen molar-refractivity contribution in [1.29, 1.82) is 0 Å². The van der Waals surface area contributed by atoms with Crippen LogP contribution in [0, 0.1) is 6.92 Å². The molecule has 3 N–H and O–H groups in total. The molecule has 1 fully saturated rings. The molecule has 0 radical (unpaired) electrons. The molecule has 1 aromatic carbocycles. The minimum Gasteiger partial charge on any atom is -0.481 e. The number of benzene rings is 1. The molecule has 1 aliphatic rings. The van der Waals surface area contributed by atoms with E-state index in [1.807, 2.05) is 12.1 Å². The van der Waals surface area contributed by atoms with Crippen LogP contribution in [0.4, 0.5) is 0 Å². The molecule has 0 aliphatic carbocycles. The number of carboxylic acids is 1. The number of carbonyl (C=O) groups is 1. The molecule has 1 aromatic rings. The number of hydrogen-bond acceptors (Lipinski definition) is 3. The lowest BCUT2D eigenvalue weighted by molar-refractivity contribution is -0.137. The van der Waals surface area contributed by atoms with Gasteiger partial charge in [-0.15, -0.1) is 0 Å². The van der Waals surface area contributed by atoms with Crippen molar-refractivity contribution >= 4 is 5.97 Å². The van der Waals surface area contributed by atoms with Gasteiger partial charge in [0.1, 0.15) is 0 Å². The maximum Gasteiger partial charge on any atom is 0.303 e. The Kier molecular flexibility index (Phi) is 3.99. The lowest BCUT2D eigenvalue weighted by Gasteiger charge is -2.22. The van der Waals surface area contributed by atoms with Gasteiger partial charge in [0, 0.05) is 24.4 Å². The fourth-order valence-electron chi connectivity index (χ4n) is 2.74. The third kappa shape index (κ3) is 2.71. The highest BCUT2D eigenvalue weighted by molar-refractivity contribution is 5.66. The summed E-state index contributed by atoms with van der Waals surface area (Å²) in [4.78, 5) is 10.7. The van der Waals surface area contributed by atoms with Crippen molar-refractivity contribution in [3.63, 3.8) is 0 Å². The summed E-state index contributed by atoms with van der Waals surface area (Å²) < 4.78 is 0. The van der Waals surface area contributed by atoms with E-state index in [-0.39, 0.29) is 12.5 Å². The van der Waals surface area contributed by atoms with E-state index in [0.717, 1.165) is 0 Å². The van der Waals surface area contributed by atoms with Gasteiger partial charge in [-0.05, 0) is 31.4 Å². The van der Waals surface area contributed by atoms with Crippen molar-refractivity contribution in [3.05, 3.63) is 35.4 Å². The topological polar surface area (TPSA) is 61.4 Å². The molecule has 4 heteroatoms. The average Bonchev–Trinajstić information content (AvgIpc) is 2.69. The molecule has 0 amide bonds. The van der Waals surface area contributed by atoms with E-state index in [4.69, 9.17) is 5.11 Å². The van der Waals surface area contributed by atoms with Crippen LogP contribution in [0.2, 0.25) is 0 Å². The molecule has 3 atom stereocenters. The second kappa shape index (κ2) is 5.50. The smallest absolute Gasteiger partial charge is 0.303 e. The monoisotopic (exact) mass is 248 g/mol. The summed E-state index contributed by atoms with van der Waals surface area (Å²) in [7, 11) is 0. The number of aliphatic carboxylic acids is 1. The van der Waals surface area contributed by atoms with Crippen molar-refractivity contribution in [2.24, 2.45) is 0 Å². The summed E-state index contributed by atoms with van der Waals surface area (Å²) in [5, 5.41) is 8.80. The SMILES string of the molecule is Cc1ccccc1C1C(C)NNC1CCC(=O)O. The van der Waals surface area contributed by atoms with Gasteiger partial charge < -0.3 is 5.11 Å². The highest BCUT2D eigenvalue weighted by atomic mass is 16.4. The van der Waals surface area contributed by atoms with Gasteiger partial charge >= 0.3 is 5.97 Å². The summed E-state index contributed by atoms with van der Waals surface area (Å²) in [6.45, 7) is 4.24. The van der Waals surface area contributed by atoms with Gasteiger partial charge in [0.05, 0.1) is 0 Å².